The summed E-state index contributed by atoms with van der Waals surface area (Å²) in [6, 6.07) is 8.69. The number of nitrogens with zero attached hydrogens (tertiary/aromatic N) is 2. The SMILES string of the molecule is COCC(O)CN(C)C(=O)COc1ccccc1C#N. The van der Waals surface area contributed by atoms with Gasteiger partial charge >= 0.3 is 0 Å². The van der Waals surface area contributed by atoms with Gasteiger partial charge in [0.1, 0.15) is 11.8 Å². The number of para-hydroxylation sites is 1. The van der Waals surface area contributed by atoms with E-state index in [1.807, 2.05) is 6.07 Å². The van der Waals surface area contributed by atoms with Gasteiger partial charge in [-0.3, -0.25) is 4.79 Å². The molecule has 108 valence electrons. The summed E-state index contributed by atoms with van der Waals surface area (Å²) < 4.78 is 10.1. The number of aliphatic hydroxyl groups excluding tert-OH is 1. The second-order valence-corrected chi connectivity index (χ2v) is 4.28. The van der Waals surface area contributed by atoms with E-state index in [0.717, 1.165) is 0 Å². The molecule has 0 saturated heterocycles. The molecule has 20 heavy (non-hydrogen) atoms. The van der Waals surface area contributed by atoms with Crippen LogP contribution in [-0.4, -0.2) is 55.9 Å². The Morgan fingerprint density at radius 3 is 2.85 bits per heavy atom. The highest BCUT2D eigenvalue weighted by Crippen LogP contribution is 2.16. The van der Waals surface area contributed by atoms with E-state index in [-0.39, 0.29) is 25.7 Å². The minimum absolute atomic E-state index is 0.162. The number of carbonyl (C=O) groups excluding carboxylic acids is 1. The maximum absolute atomic E-state index is 11.8. The van der Waals surface area contributed by atoms with E-state index in [0.29, 0.717) is 11.3 Å². The predicted octanol–water partition coefficient (Wildman–Crippen LogP) is 0.403. The summed E-state index contributed by atoms with van der Waals surface area (Å²) in [6.07, 6.45) is -0.736. The molecule has 1 aromatic carbocycles. The molecule has 1 rings (SSSR count). The Bertz CT molecular complexity index is 484. The van der Waals surface area contributed by atoms with Crippen molar-refractivity contribution in [1.82, 2.24) is 4.90 Å². The minimum atomic E-state index is -0.736. The molecule has 1 aromatic rings. The number of rotatable bonds is 7. The maximum Gasteiger partial charge on any atom is 0.260 e. The van der Waals surface area contributed by atoms with Crippen LogP contribution in [0.25, 0.3) is 0 Å². The van der Waals surface area contributed by atoms with E-state index in [1.165, 1.54) is 12.0 Å². The smallest absolute Gasteiger partial charge is 0.260 e. The number of hydrogen-bond acceptors (Lipinski definition) is 5. The zero-order chi connectivity index (χ0) is 15.0. The summed E-state index contributed by atoms with van der Waals surface area (Å²) in [5.74, 6) is 0.0853. The lowest BCUT2D eigenvalue weighted by Crippen LogP contribution is -2.38. The third kappa shape index (κ3) is 4.88. The molecule has 0 fully saturated rings. The van der Waals surface area contributed by atoms with Crippen LogP contribution in [0.3, 0.4) is 0 Å². The van der Waals surface area contributed by atoms with Crippen LogP contribution in [0.5, 0.6) is 5.75 Å². The highest BCUT2D eigenvalue weighted by atomic mass is 16.5. The summed E-state index contributed by atoms with van der Waals surface area (Å²) in [6.45, 7) is 0.139. The van der Waals surface area contributed by atoms with Crippen LogP contribution < -0.4 is 4.74 Å². The number of benzene rings is 1. The number of likely N-dealkylation sites (N-methyl/N-ethyl adjacent to an activating group) is 1. The van der Waals surface area contributed by atoms with E-state index in [4.69, 9.17) is 14.7 Å². The fourth-order valence-electron chi connectivity index (χ4n) is 1.60. The van der Waals surface area contributed by atoms with Crippen molar-refractivity contribution in [2.75, 3.05) is 33.9 Å². The molecule has 0 bridgehead atoms. The van der Waals surface area contributed by atoms with Crippen molar-refractivity contribution >= 4 is 5.91 Å². The van der Waals surface area contributed by atoms with Crippen molar-refractivity contribution in [1.29, 1.82) is 5.26 Å². The van der Waals surface area contributed by atoms with Gasteiger partial charge < -0.3 is 19.5 Å². The van der Waals surface area contributed by atoms with Gasteiger partial charge in [-0.2, -0.15) is 5.26 Å². The molecule has 1 atom stereocenters. The van der Waals surface area contributed by atoms with E-state index in [1.54, 1.807) is 31.3 Å². The van der Waals surface area contributed by atoms with Gasteiger partial charge in [-0.25, -0.2) is 0 Å². The molecule has 0 heterocycles. The summed E-state index contributed by atoms with van der Waals surface area (Å²) in [4.78, 5) is 13.2. The quantitative estimate of drug-likeness (QED) is 0.780. The molecule has 1 unspecified atom stereocenters. The average Bonchev–Trinajstić information content (AvgIpc) is 2.45. The van der Waals surface area contributed by atoms with Crippen LogP contribution in [0.1, 0.15) is 5.56 Å². The number of methoxy groups -OCH3 is 1. The van der Waals surface area contributed by atoms with E-state index in [9.17, 15) is 9.90 Å². The highest BCUT2D eigenvalue weighted by Gasteiger charge is 2.14. The largest absolute Gasteiger partial charge is 0.482 e. The van der Waals surface area contributed by atoms with E-state index < -0.39 is 6.10 Å². The second kappa shape index (κ2) is 8.15. The second-order valence-electron chi connectivity index (χ2n) is 4.28. The molecule has 0 saturated carbocycles. The summed E-state index contributed by atoms with van der Waals surface area (Å²) in [5, 5.41) is 18.4. The number of amides is 1. The molecular weight excluding hydrogens is 260 g/mol. The fraction of sp³-hybridized carbons (Fsp3) is 0.429. The molecular formula is C14H18N2O4. The van der Waals surface area contributed by atoms with Crippen molar-refractivity contribution in [3.63, 3.8) is 0 Å². The molecule has 0 aliphatic heterocycles. The zero-order valence-electron chi connectivity index (χ0n) is 11.6. The van der Waals surface area contributed by atoms with Crippen molar-refractivity contribution in [2.24, 2.45) is 0 Å². The van der Waals surface area contributed by atoms with Crippen LogP contribution in [0.15, 0.2) is 24.3 Å². The molecule has 0 aliphatic carbocycles. The number of ether oxygens (including phenoxy) is 2. The first-order valence-corrected chi connectivity index (χ1v) is 6.11. The fourth-order valence-corrected chi connectivity index (χ4v) is 1.60. The van der Waals surface area contributed by atoms with Crippen LogP contribution in [0.4, 0.5) is 0 Å². The Balaban J connectivity index is 2.49. The third-order valence-electron chi connectivity index (χ3n) is 2.63. The lowest BCUT2D eigenvalue weighted by molar-refractivity contribution is -0.133. The third-order valence-corrected chi connectivity index (χ3v) is 2.63. The lowest BCUT2D eigenvalue weighted by atomic mass is 10.2. The summed E-state index contributed by atoms with van der Waals surface area (Å²) in [5.41, 5.74) is 0.377. The lowest BCUT2D eigenvalue weighted by Gasteiger charge is -2.20. The Labute approximate surface area is 118 Å². The number of aliphatic hydroxyl groups is 1. The van der Waals surface area contributed by atoms with E-state index >= 15 is 0 Å². The molecule has 0 spiro atoms. The molecule has 0 aromatic heterocycles. The Hall–Kier alpha value is -2.10. The van der Waals surface area contributed by atoms with Gasteiger partial charge in [-0.05, 0) is 12.1 Å². The van der Waals surface area contributed by atoms with Crippen molar-refractivity contribution in [3.05, 3.63) is 29.8 Å². The average molecular weight is 278 g/mol. The molecule has 0 radical (unpaired) electrons. The first-order chi connectivity index (χ1) is 9.58. The van der Waals surface area contributed by atoms with Gasteiger partial charge in [0.05, 0.1) is 18.3 Å². The van der Waals surface area contributed by atoms with Crippen molar-refractivity contribution in [3.8, 4) is 11.8 Å². The molecule has 6 nitrogen and oxygen atoms in total. The molecule has 1 N–H and O–H groups in total. The summed E-state index contributed by atoms with van der Waals surface area (Å²) in [7, 11) is 3.05. The highest BCUT2D eigenvalue weighted by molar-refractivity contribution is 5.77. The van der Waals surface area contributed by atoms with Gasteiger partial charge in [0.2, 0.25) is 0 Å². The topological polar surface area (TPSA) is 82.8 Å². The van der Waals surface area contributed by atoms with Gasteiger partial charge in [-0.15, -0.1) is 0 Å². The number of hydrogen-bond donors (Lipinski definition) is 1. The normalized spacial score (nSPS) is 11.5. The maximum atomic E-state index is 11.8. The van der Waals surface area contributed by atoms with E-state index in [2.05, 4.69) is 0 Å². The van der Waals surface area contributed by atoms with Crippen LogP contribution in [0, 0.1) is 11.3 Å². The van der Waals surface area contributed by atoms with Gasteiger partial charge in [0, 0.05) is 20.7 Å². The first-order valence-electron chi connectivity index (χ1n) is 6.11. The standard InChI is InChI=1S/C14H18N2O4/c1-16(8-12(17)9-19-2)14(18)10-20-13-6-4-3-5-11(13)7-15/h3-6,12,17H,8-10H2,1-2H3. The van der Waals surface area contributed by atoms with Gasteiger partial charge in [-0.1, -0.05) is 12.1 Å². The van der Waals surface area contributed by atoms with Crippen LogP contribution >= 0.6 is 0 Å². The van der Waals surface area contributed by atoms with Crippen LogP contribution in [-0.2, 0) is 9.53 Å². The zero-order valence-corrected chi connectivity index (χ0v) is 11.6. The first kappa shape index (κ1) is 16.0. The van der Waals surface area contributed by atoms with Crippen LogP contribution in [0.2, 0.25) is 0 Å². The minimum Gasteiger partial charge on any atom is -0.482 e. The molecule has 1 amide bonds. The van der Waals surface area contributed by atoms with Gasteiger partial charge in [0.15, 0.2) is 6.61 Å². The monoisotopic (exact) mass is 278 g/mol. The Morgan fingerprint density at radius 1 is 1.50 bits per heavy atom. The van der Waals surface area contributed by atoms with Crippen molar-refractivity contribution in [2.45, 2.75) is 6.10 Å². The molecule has 0 aliphatic rings. The summed E-state index contributed by atoms with van der Waals surface area (Å²) >= 11 is 0. The Kier molecular flexibility index (Phi) is 6.50. The predicted molar refractivity (Wildman–Crippen MR) is 72.2 cm³/mol. The number of nitriles is 1. The van der Waals surface area contributed by atoms with Gasteiger partial charge in [0.25, 0.3) is 5.91 Å². The Morgan fingerprint density at radius 2 is 2.20 bits per heavy atom. The molecule has 6 heteroatoms. The number of carbonyl (C=O) groups is 1. The van der Waals surface area contributed by atoms with Crippen molar-refractivity contribution < 1.29 is 19.4 Å².